The molecular formula is C32H34N6O2. The molecule has 1 N–H and O–H groups in total. The largest absolute Gasteiger partial charge is 0.376 e. The Hall–Kier alpha value is -4.14. The highest BCUT2D eigenvalue weighted by Gasteiger charge is 2.32. The van der Waals surface area contributed by atoms with Gasteiger partial charge in [0.1, 0.15) is 6.04 Å². The van der Waals surface area contributed by atoms with E-state index in [-0.39, 0.29) is 11.7 Å². The van der Waals surface area contributed by atoms with E-state index in [0.29, 0.717) is 31.0 Å². The summed E-state index contributed by atoms with van der Waals surface area (Å²) in [5.74, 6) is 0.650. The van der Waals surface area contributed by atoms with Crippen LogP contribution in [0.25, 0.3) is 10.9 Å². The summed E-state index contributed by atoms with van der Waals surface area (Å²) >= 11 is 0. The lowest BCUT2D eigenvalue weighted by molar-refractivity contribution is 0.0906. The number of nitrogens with zero attached hydrogens (tertiary/aromatic N) is 5. The van der Waals surface area contributed by atoms with E-state index < -0.39 is 6.04 Å². The van der Waals surface area contributed by atoms with Gasteiger partial charge in [-0.15, -0.1) is 5.10 Å². The fraction of sp³-hybridized carbons (Fsp3) is 0.312. The van der Waals surface area contributed by atoms with E-state index in [1.54, 1.807) is 0 Å². The zero-order valence-electron chi connectivity index (χ0n) is 22.7. The minimum Gasteiger partial charge on any atom is -0.376 e. The number of aromatic amines is 1. The van der Waals surface area contributed by atoms with Gasteiger partial charge < -0.3 is 9.72 Å². The average molecular weight is 535 g/mol. The molecule has 1 aliphatic heterocycles. The SMILES string of the molecule is Cc1cccc2cc([C@H](c3nnnn3C[C@H]3CCCO3)N(CCc3ccccc3)Cc3ccccc3)c(=O)[nH]c12. The summed E-state index contributed by atoms with van der Waals surface area (Å²) in [6, 6.07) is 28.4. The van der Waals surface area contributed by atoms with Gasteiger partial charge in [0.15, 0.2) is 5.82 Å². The highest BCUT2D eigenvalue weighted by atomic mass is 16.5. The van der Waals surface area contributed by atoms with Crippen LogP contribution in [-0.4, -0.2) is 49.3 Å². The third-order valence-electron chi connectivity index (χ3n) is 7.74. The van der Waals surface area contributed by atoms with E-state index in [0.717, 1.165) is 47.9 Å². The molecule has 6 rings (SSSR count). The molecule has 2 atom stereocenters. The van der Waals surface area contributed by atoms with E-state index in [1.165, 1.54) is 5.56 Å². The molecule has 204 valence electrons. The molecule has 3 heterocycles. The number of fused-ring (bicyclic) bond motifs is 1. The second-order valence-corrected chi connectivity index (χ2v) is 10.5. The molecule has 0 bridgehead atoms. The van der Waals surface area contributed by atoms with E-state index in [4.69, 9.17) is 4.74 Å². The van der Waals surface area contributed by atoms with Gasteiger partial charge in [-0.05, 0) is 64.8 Å². The highest BCUT2D eigenvalue weighted by Crippen LogP contribution is 2.30. The van der Waals surface area contributed by atoms with E-state index in [1.807, 2.05) is 60.1 Å². The van der Waals surface area contributed by atoms with Crippen LogP contribution in [0.4, 0.5) is 0 Å². The summed E-state index contributed by atoms with van der Waals surface area (Å²) < 4.78 is 7.76. The number of para-hydroxylation sites is 1. The summed E-state index contributed by atoms with van der Waals surface area (Å²) in [6.45, 7) is 4.67. The number of ether oxygens (including phenoxy) is 1. The van der Waals surface area contributed by atoms with Gasteiger partial charge in [-0.1, -0.05) is 78.9 Å². The predicted octanol–water partition coefficient (Wildman–Crippen LogP) is 4.84. The number of nitrogens with one attached hydrogen (secondary N) is 1. The molecule has 1 aliphatic rings. The van der Waals surface area contributed by atoms with E-state index in [9.17, 15) is 4.79 Å². The molecular weight excluding hydrogens is 500 g/mol. The fourth-order valence-corrected chi connectivity index (χ4v) is 5.66. The lowest BCUT2D eigenvalue weighted by atomic mass is 10.0. The van der Waals surface area contributed by atoms with Crippen molar-refractivity contribution in [3.8, 4) is 0 Å². The van der Waals surface area contributed by atoms with Crippen LogP contribution in [0.5, 0.6) is 0 Å². The maximum Gasteiger partial charge on any atom is 0.253 e. The second kappa shape index (κ2) is 11.9. The standard InChI is InChI=1S/C32H34N6O2/c1-23-10-8-15-26-20-28(32(39)33-29(23)26)30(31-34-35-36-38(31)22-27-16-9-19-40-27)37(21-25-13-6-3-7-14-25)18-17-24-11-4-2-5-12-24/h2-8,10-15,20,27,30H,9,16-19,21-22H2,1H3,(H,33,39)/t27-,30-/m1/s1. The summed E-state index contributed by atoms with van der Waals surface area (Å²) in [6.07, 6.45) is 2.89. The molecule has 40 heavy (non-hydrogen) atoms. The van der Waals surface area contributed by atoms with Crippen LogP contribution in [0.15, 0.2) is 89.7 Å². The van der Waals surface area contributed by atoms with Gasteiger partial charge in [0.2, 0.25) is 0 Å². The van der Waals surface area contributed by atoms with Gasteiger partial charge in [0.25, 0.3) is 5.56 Å². The Morgan fingerprint density at radius 2 is 1.80 bits per heavy atom. The molecule has 0 unspecified atom stereocenters. The van der Waals surface area contributed by atoms with Gasteiger partial charge >= 0.3 is 0 Å². The van der Waals surface area contributed by atoms with Crippen molar-refractivity contribution in [1.29, 1.82) is 0 Å². The molecule has 3 aromatic carbocycles. The van der Waals surface area contributed by atoms with Gasteiger partial charge in [0, 0.05) is 25.3 Å². The van der Waals surface area contributed by atoms with Crippen molar-refractivity contribution in [3.63, 3.8) is 0 Å². The molecule has 2 aromatic heterocycles. The summed E-state index contributed by atoms with van der Waals surface area (Å²) in [5.41, 5.74) is 4.79. The Labute approximate surface area is 233 Å². The third-order valence-corrected chi connectivity index (χ3v) is 7.74. The molecule has 8 nitrogen and oxygen atoms in total. The second-order valence-electron chi connectivity index (χ2n) is 10.5. The number of tetrazole rings is 1. The van der Waals surface area contributed by atoms with Crippen molar-refractivity contribution < 1.29 is 4.74 Å². The van der Waals surface area contributed by atoms with Crippen LogP contribution in [0.3, 0.4) is 0 Å². The highest BCUT2D eigenvalue weighted by molar-refractivity contribution is 5.82. The number of hydrogen-bond donors (Lipinski definition) is 1. The summed E-state index contributed by atoms with van der Waals surface area (Å²) in [4.78, 5) is 19.3. The molecule has 1 saturated heterocycles. The van der Waals surface area contributed by atoms with Crippen LogP contribution >= 0.6 is 0 Å². The normalized spacial score (nSPS) is 16.1. The van der Waals surface area contributed by atoms with Crippen molar-refractivity contribution in [2.24, 2.45) is 0 Å². The minimum absolute atomic E-state index is 0.0623. The van der Waals surface area contributed by atoms with Gasteiger partial charge in [-0.25, -0.2) is 4.68 Å². The van der Waals surface area contributed by atoms with Crippen molar-refractivity contribution in [2.45, 2.75) is 51.4 Å². The lowest BCUT2D eigenvalue weighted by Gasteiger charge is -2.31. The molecule has 0 saturated carbocycles. The van der Waals surface area contributed by atoms with Gasteiger partial charge in [-0.2, -0.15) is 0 Å². The van der Waals surface area contributed by atoms with Crippen molar-refractivity contribution >= 4 is 10.9 Å². The van der Waals surface area contributed by atoms with Crippen LogP contribution in [-0.2, 0) is 24.2 Å². The first-order chi connectivity index (χ1) is 19.7. The van der Waals surface area contributed by atoms with Crippen molar-refractivity contribution in [3.05, 3.63) is 123 Å². The number of pyridine rings is 1. The molecule has 0 spiro atoms. The molecule has 8 heteroatoms. The van der Waals surface area contributed by atoms with Crippen LogP contribution in [0, 0.1) is 6.92 Å². The van der Waals surface area contributed by atoms with Crippen LogP contribution in [0.1, 0.15) is 47.0 Å². The Balaban J connectivity index is 1.47. The average Bonchev–Trinajstić information content (AvgIpc) is 3.67. The van der Waals surface area contributed by atoms with Crippen LogP contribution in [0.2, 0.25) is 0 Å². The Morgan fingerprint density at radius 3 is 2.55 bits per heavy atom. The predicted molar refractivity (Wildman–Crippen MR) is 155 cm³/mol. The number of H-pyrrole nitrogens is 1. The number of rotatable bonds is 10. The number of aryl methyl sites for hydroxylation is 1. The van der Waals surface area contributed by atoms with Crippen molar-refractivity contribution in [1.82, 2.24) is 30.1 Å². The molecule has 1 fully saturated rings. The lowest BCUT2D eigenvalue weighted by Crippen LogP contribution is -2.37. The smallest absolute Gasteiger partial charge is 0.253 e. The first kappa shape index (κ1) is 26.1. The number of aromatic nitrogens is 5. The Bertz CT molecular complexity index is 1610. The first-order valence-corrected chi connectivity index (χ1v) is 14.0. The molecule has 0 amide bonds. The van der Waals surface area contributed by atoms with E-state index >= 15 is 0 Å². The molecule has 0 radical (unpaired) electrons. The van der Waals surface area contributed by atoms with Gasteiger partial charge in [-0.3, -0.25) is 9.69 Å². The van der Waals surface area contributed by atoms with Crippen molar-refractivity contribution in [2.75, 3.05) is 13.2 Å². The quantitative estimate of drug-likeness (QED) is 0.276. The first-order valence-electron chi connectivity index (χ1n) is 14.0. The molecule has 5 aromatic rings. The maximum atomic E-state index is 13.8. The number of hydrogen-bond acceptors (Lipinski definition) is 6. The van der Waals surface area contributed by atoms with E-state index in [2.05, 4.69) is 61.8 Å². The summed E-state index contributed by atoms with van der Waals surface area (Å²) in [5, 5.41) is 14.0. The van der Waals surface area contributed by atoms with Gasteiger partial charge in [0.05, 0.1) is 18.2 Å². The monoisotopic (exact) mass is 534 g/mol. The molecule has 0 aliphatic carbocycles. The Morgan fingerprint density at radius 1 is 1.02 bits per heavy atom. The zero-order chi connectivity index (χ0) is 27.3. The van der Waals surface area contributed by atoms with Crippen LogP contribution < -0.4 is 5.56 Å². The maximum absolute atomic E-state index is 13.8. The fourth-order valence-electron chi connectivity index (χ4n) is 5.66. The summed E-state index contributed by atoms with van der Waals surface area (Å²) in [7, 11) is 0. The number of benzene rings is 3. The third kappa shape index (κ3) is 5.73. The topological polar surface area (TPSA) is 88.9 Å². The zero-order valence-corrected chi connectivity index (χ0v) is 22.7. The Kier molecular flexibility index (Phi) is 7.79. The minimum atomic E-state index is -0.464.